The van der Waals surface area contributed by atoms with E-state index >= 15 is 0 Å². The van der Waals surface area contributed by atoms with Crippen molar-refractivity contribution in [3.63, 3.8) is 0 Å². The van der Waals surface area contributed by atoms with E-state index in [1.807, 2.05) is 36.4 Å². The van der Waals surface area contributed by atoms with Crippen LogP contribution in [0, 0.1) is 11.3 Å². The number of rotatable bonds is 6. The van der Waals surface area contributed by atoms with Gasteiger partial charge in [0, 0.05) is 0 Å². The standard InChI is InChI=1S/C23H17N3O3S/c1-28-20-12-6-4-10-18(20)26(23-25-17-9-3-7-13-21(17)30-23)22(27)15-29-19-11-5-2-8-16(19)14-24/h2-13H,15H2,1H3. The van der Waals surface area contributed by atoms with Crippen LogP contribution in [0.2, 0.25) is 0 Å². The lowest BCUT2D eigenvalue weighted by molar-refractivity contribution is -0.119. The number of methoxy groups -OCH3 is 1. The summed E-state index contributed by atoms with van der Waals surface area (Å²) in [5.41, 5.74) is 1.75. The highest BCUT2D eigenvalue weighted by Gasteiger charge is 2.25. The van der Waals surface area contributed by atoms with Crippen LogP contribution in [0.5, 0.6) is 11.5 Å². The summed E-state index contributed by atoms with van der Waals surface area (Å²) in [5.74, 6) is 0.575. The Bertz CT molecular complexity index is 1210. The second kappa shape index (κ2) is 8.64. The summed E-state index contributed by atoms with van der Waals surface area (Å²) >= 11 is 1.41. The van der Waals surface area contributed by atoms with Crippen LogP contribution in [0.4, 0.5) is 10.8 Å². The molecule has 0 saturated carbocycles. The van der Waals surface area contributed by atoms with Crippen molar-refractivity contribution in [2.45, 2.75) is 0 Å². The van der Waals surface area contributed by atoms with Crippen molar-refractivity contribution < 1.29 is 14.3 Å². The summed E-state index contributed by atoms with van der Waals surface area (Å²) in [6, 6.07) is 23.8. The van der Waals surface area contributed by atoms with Crippen LogP contribution in [0.15, 0.2) is 72.8 Å². The van der Waals surface area contributed by atoms with Gasteiger partial charge in [-0.25, -0.2) is 9.88 Å². The number of amides is 1. The first-order valence-corrected chi connectivity index (χ1v) is 9.96. The monoisotopic (exact) mass is 415 g/mol. The fraction of sp³-hybridized carbons (Fsp3) is 0.0870. The molecule has 7 heteroatoms. The van der Waals surface area contributed by atoms with Crippen LogP contribution in [-0.4, -0.2) is 24.6 Å². The molecular weight excluding hydrogens is 398 g/mol. The van der Waals surface area contributed by atoms with E-state index in [0.29, 0.717) is 27.9 Å². The fourth-order valence-electron chi connectivity index (χ4n) is 3.00. The van der Waals surface area contributed by atoms with E-state index in [2.05, 4.69) is 11.1 Å². The minimum atomic E-state index is -0.328. The lowest BCUT2D eigenvalue weighted by Gasteiger charge is -2.22. The predicted octanol–water partition coefficient (Wildman–Crippen LogP) is 4.92. The van der Waals surface area contributed by atoms with Crippen molar-refractivity contribution in [3.8, 4) is 17.6 Å². The number of anilines is 2. The molecule has 6 nitrogen and oxygen atoms in total. The number of para-hydroxylation sites is 4. The van der Waals surface area contributed by atoms with Crippen molar-refractivity contribution in [2.24, 2.45) is 0 Å². The average molecular weight is 415 g/mol. The molecule has 4 aromatic rings. The normalized spacial score (nSPS) is 10.4. The van der Waals surface area contributed by atoms with Gasteiger partial charge in [-0.05, 0) is 36.4 Å². The van der Waals surface area contributed by atoms with E-state index in [9.17, 15) is 10.1 Å². The van der Waals surface area contributed by atoms with E-state index < -0.39 is 0 Å². The quantitative estimate of drug-likeness (QED) is 0.447. The molecule has 0 fully saturated rings. The highest BCUT2D eigenvalue weighted by Crippen LogP contribution is 2.38. The van der Waals surface area contributed by atoms with Gasteiger partial charge in [-0.2, -0.15) is 5.26 Å². The molecule has 1 heterocycles. The number of hydrogen-bond donors (Lipinski definition) is 0. The number of benzene rings is 3. The highest BCUT2D eigenvalue weighted by molar-refractivity contribution is 7.22. The third-order valence-corrected chi connectivity index (χ3v) is 5.43. The van der Waals surface area contributed by atoms with E-state index in [-0.39, 0.29) is 12.5 Å². The summed E-state index contributed by atoms with van der Waals surface area (Å²) in [5, 5.41) is 9.76. The molecule has 1 aromatic heterocycles. The van der Waals surface area contributed by atoms with Crippen molar-refractivity contribution in [1.82, 2.24) is 4.98 Å². The van der Waals surface area contributed by atoms with Crippen molar-refractivity contribution in [2.75, 3.05) is 18.6 Å². The Hall–Kier alpha value is -3.89. The lowest BCUT2D eigenvalue weighted by atomic mass is 10.2. The van der Waals surface area contributed by atoms with Gasteiger partial charge in [-0.1, -0.05) is 47.7 Å². The molecule has 3 aromatic carbocycles. The zero-order valence-electron chi connectivity index (χ0n) is 16.1. The van der Waals surface area contributed by atoms with E-state index in [0.717, 1.165) is 10.2 Å². The molecule has 0 saturated heterocycles. The lowest BCUT2D eigenvalue weighted by Crippen LogP contribution is -2.31. The van der Waals surface area contributed by atoms with Crippen LogP contribution in [0.1, 0.15) is 5.56 Å². The number of carbonyl (C=O) groups excluding carboxylic acids is 1. The number of hydrogen-bond acceptors (Lipinski definition) is 6. The van der Waals surface area contributed by atoms with Crippen molar-refractivity contribution >= 4 is 38.3 Å². The number of nitrogens with zero attached hydrogens (tertiary/aromatic N) is 3. The summed E-state index contributed by atoms with van der Waals surface area (Å²) in [4.78, 5) is 19.4. The topological polar surface area (TPSA) is 75.4 Å². The molecule has 0 radical (unpaired) electrons. The maximum Gasteiger partial charge on any atom is 0.271 e. The molecule has 0 atom stereocenters. The van der Waals surface area contributed by atoms with Gasteiger partial charge >= 0.3 is 0 Å². The van der Waals surface area contributed by atoms with E-state index in [4.69, 9.17) is 9.47 Å². The van der Waals surface area contributed by atoms with Gasteiger partial charge in [0.2, 0.25) is 0 Å². The van der Waals surface area contributed by atoms with Gasteiger partial charge in [-0.3, -0.25) is 4.79 Å². The van der Waals surface area contributed by atoms with E-state index in [1.165, 1.54) is 16.2 Å². The Balaban J connectivity index is 1.71. The summed E-state index contributed by atoms with van der Waals surface area (Å²) in [6.45, 7) is -0.257. The average Bonchev–Trinajstić information content (AvgIpc) is 3.22. The molecule has 0 aliphatic carbocycles. The third kappa shape index (κ3) is 3.81. The Kier molecular flexibility index (Phi) is 5.59. The van der Waals surface area contributed by atoms with Gasteiger partial charge in [-0.15, -0.1) is 0 Å². The van der Waals surface area contributed by atoms with Gasteiger partial charge in [0.05, 0.1) is 28.6 Å². The molecule has 148 valence electrons. The molecule has 0 N–H and O–H groups in total. The third-order valence-electron chi connectivity index (χ3n) is 4.41. The Morgan fingerprint density at radius 2 is 1.73 bits per heavy atom. The second-order valence-electron chi connectivity index (χ2n) is 6.26. The van der Waals surface area contributed by atoms with E-state index in [1.54, 1.807) is 43.5 Å². The first kappa shape index (κ1) is 19.4. The Labute approximate surface area is 177 Å². The minimum Gasteiger partial charge on any atom is -0.495 e. The van der Waals surface area contributed by atoms with Crippen molar-refractivity contribution in [3.05, 3.63) is 78.4 Å². The molecule has 0 bridgehead atoms. The molecule has 0 spiro atoms. The summed E-state index contributed by atoms with van der Waals surface area (Å²) in [7, 11) is 1.56. The largest absolute Gasteiger partial charge is 0.495 e. The van der Waals surface area contributed by atoms with Crippen LogP contribution >= 0.6 is 11.3 Å². The summed E-state index contributed by atoms with van der Waals surface area (Å²) in [6.07, 6.45) is 0. The molecular formula is C23H17N3O3S. The number of nitriles is 1. The van der Waals surface area contributed by atoms with Crippen LogP contribution in [0.25, 0.3) is 10.2 Å². The van der Waals surface area contributed by atoms with Gasteiger partial charge in [0.1, 0.15) is 17.6 Å². The smallest absolute Gasteiger partial charge is 0.271 e. The second-order valence-corrected chi connectivity index (χ2v) is 7.27. The Morgan fingerprint density at radius 1 is 1.03 bits per heavy atom. The zero-order chi connectivity index (χ0) is 20.9. The van der Waals surface area contributed by atoms with Crippen LogP contribution in [0.3, 0.4) is 0 Å². The zero-order valence-corrected chi connectivity index (χ0v) is 16.9. The first-order valence-electron chi connectivity index (χ1n) is 9.14. The van der Waals surface area contributed by atoms with Crippen LogP contribution in [-0.2, 0) is 4.79 Å². The maximum absolute atomic E-state index is 13.3. The molecule has 0 unspecified atom stereocenters. The number of ether oxygens (including phenoxy) is 2. The molecule has 1 amide bonds. The predicted molar refractivity (Wildman–Crippen MR) is 116 cm³/mol. The van der Waals surface area contributed by atoms with Gasteiger partial charge in [0.15, 0.2) is 11.7 Å². The number of fused-ring (bicyclic) bond motifs is 1. The van der Waals surface area contributed by atoms with Crippen LogP contribution < -0.4 is 14.4 Å². The summed E-state index contributed by atoms with van der Waals surface area (Å²) < 4.78 is 12.1. The first-order chi connectivity index (χ1) is 14.7. The minimum absolute atomic E-state index is 0.257. The fourth-order valence-corrected chi connectivity index (χ4v) is 4.00. The maximum atomic E-state index is 13.3. The number of thiazole rings is 1. The molecule has 0 aliphatic heterocycles. The molecule has 30 heavy (non-hydrogen) atoms. The molecule has 0 aliphatic rings. The number of carbonyl (C=O) groups is 1. The number of aromatic nitrogens is 1. The molecule has 4 rings (SSSR count). The van der Waals surface area contributed by atoms with Gasteiger partial charge < -0.3 is 9.47 Å². The van der Waals surface area contributed by atoms with Gasteiger partial charge in [0.25, 0.3) is 5.91 Å². The SMILES string of the molecule is COc1ccccc1N(C(=O)COc1ccccc1C#N)c1nc2ccccc2s1. The Morgan fingerprint density at radius 3 is 2.50 bits per heavy atom. The highest BCUT2D eigenvalue weighted by atomic mass is 32.1. The van der Waals surface area contributed by atoms with Crippen molar-refractivity contribution in [1.29, 1.82) is 5.26 Å².